The van der Waals surface area contributed by atoms with Crippen molar-refractivity contribution in [2.45, 2.75) is 31.7 Å². The van der Waals surface area contributed by atoms with Gasteiger partial charge in [0.1, 0.15) is 11.6 Å². The Bertz CT molecular complexity index is 607. The normalized spacial score (nSPS) is 17.3. The monoisotopic (exact) mass is 330 g/mol. The van der Waals surface area contributed by atoms with Gasteiger partial charge in [-0.05, 0) is 47.7 Å². The first-order chi connectivity index (χ1) is 8.61. The number of aromatic nitrogens is 2. The summed E-state index contributed by atoms with van der Waals surface area (Å²) in [5.41, 5.74) is 1.64. The predicted octanol–water partition coefficient (Wildman–Crippen LogP) is 4.65. The Kier molecular flexibility index (Phi) is 3.10. The van der Waals surface area contributed by atoms with E-state index in [1.807, 2.05) is 0 Å². The maximum absolute atomic E-state index is 13.7. The number of halogens is 3. The Morgan fingerprint density at radius 3 is 2.89 bits per heavy atom. The Morgan fingerprint density at radius 2 is 2.28 bits per heavy atom. The molecule has 2 aromatic rings. The molecule has 1 heterocycles. The summed E-state index contributed by atoms with van der Waals surface area (Å²) in [6.07, 6.45) is 2.48. The van der Waals surface area contributed by atoms with Gasteiger partial charge in [-0.3, -0.25) is 0 Å². The number of imidazole rings is 1. The summed E-state index contributed by atoms with van der Waals surface area (Å²) in [5.74, 6) is 1.60. The van der Waals surface area contributed by atoms with Crippen LogP contribution in [0.4, 0.5) is 4.39 Å². The van der Waals surface area contributed by atoms with Crippen molar-refractivity contribution in [1.82, 2.24) is 9.55 Å². The fourth-order valence-corrected chi connectivity index (χ4v) is 3.00. The van der Waals surface area contributed by atoms with Crippen LogP contribution in [0.25, 0.3) is 11.0 Å². The molecule has 3 rings (SSSR count). The zero-order valence-corrected chi connectivity index (χ0v) is 12.3. The molecule has 0 saturated heterocycles. The van der Waals surface area contributed by atoms with Gasteiger partial charge in [-0.15, -0.1) is 11.6 Å². The molecule has 18 heavy (non-hydrogen) atoms. The molecule has 0 amide bonds. The number of rotatable bonds is 3. The fourth-order valence-electron chi connectivity index (χ4n) is 2.48. The Balaban J connectivity index is 2.22. The average molecular weight is 332 g/mol. The summed E-state index contributed by atoms with van der Waals surface area (Å²) < 4.78 is 16.2. The fraction of sp³-hybridized carbons (Fsp3) is 0.462. The van der Waals surface area contributed by atoms with E-state index in [0.717, 1.165) is 16.9 Å². The van der Waals surface area contributed by atoms with Gasteiger partial charge in [-0.1, -0.05) is 0 Å². The highest BCUT2D eigenvalue weighted by molar-refractivity contribution is 9.10. The van der Waals surface area contributed by atoms with E-state index in [0.29, 0.717) is 22.3 Å². The molecule has 1 aliphatic carbocycles. The van der Waals surface area contributed by atoms with Gasteiger partial charge in [0.25, 0.3) is 0 Å². The average Bonchev–Trinajstić information content (AvgIpc) is 3.12. The largest absolute Gasteiger partial charge is 0.324 e. The van der Waals surface area contributed by atoms with Gasteiger partial charge < -0.3 is 4.57 Å². The van der Waals surface area contributed by atoms with E-state index in [9.17, 15) is 4.39 Å². The lowest BCUT2D eigenvalue weighted by Crippen LogP contribution is -2.10. The topological polar surface area (TPSA) is 17.8 Å². The Hall–Kier alpha value is -0.610. The summed E-state index contributed by atoms with van der Waals surface area (Å²) in [4.78, 5) is 4.50. The van der Waals surface area contributed by atoms with Gasteiger partial charge in [0.2, 0.25) is 0 Å². The zero-order valence-electron chi connectivity index (χ0n) is 9.96. The number of benzene rings is 1. The summed E-state index contributed by atoms with van der Waals surface area (Å²) in [6.45, 7) is 2.16. The van der Waals surface area contributed by atoms with Gasteiger partial charge >= 0.3 is 0 Å². The van der Waals surface area contributed by atoms with Crippen molar-refractivity contribution in [3.63, 3.8) is 0 Å². The van der Waals surface area contributed by atoms with Crippen LogP contribution in [0.15, 0.2) is 16.6 Å². The number of hydrogen-bond acceptors (Lipinski definition) is 1. The first-order valence-electron chi connectivity index (χ1n) is 6.03. The Morgan fingerprint density at radius 1 is 1.56 bits per heavy atom. The van der Waals surface area contributed by atoms with Gasteiger partial charge in [0.15, 0.2) is 0 Å². The molecule has 1 atom stereocenters. The van der Waals surface area contributed by atoms with Gasteiger partial charge in [-0.2, -0.15) is 0 Å². The second kappa shape index (κ2) is 4.49. The molecule has 0 aliphatic heterocycles. The third-order valence-electron chi connectivity index (χ3n) is 3.64. The molecule has 0 radical (unpaired) electrons. The predicted molar refractivity (Wildman–Crippen MR) is 74.4 cm³/mol. The molecule has 1 aliphatic rings. The van der Waals surface area contributed by atoms with Crippen LogP contribution < -0.4 is 0 Å². The molecule has 1 saturated carbocycles. The van der Waals surface area contributed by atoms with E-state index in [4.69, 9.17) is 11.6 Å². The maximum atomic E-state index is 13.7. The lowest BCUT2D eigenvalue weighted by molar-refractivity contribution is 0.485. The van der Waals surface area contributed by atoms with E-state index >= 15 is 0 Å². The molecule has 1 aromatic carbocycles. The van der Waals surface area contributed by atoms with Crippen molar-refractivity contribution in [1.29, 1.82) is 0 Å². The molecule has 2 nitrogen and oxygen atoms in total. The minimum absolute atomic E-state index is 0.257. The smallest absolute Gasteiger partial charge is 0.139 e. The summed E-state index contributed by atoms with van der Waals surface area (Å²) in [6, 6.07) is 3.60. The molecular weight excluding hydrogens is 319 g/mol. The van der Waals surface area contributed by atoms with Crippen molar-refractivity contribution < 1.29 is 4.39 Å². The molecule has 1 fully saturated rings. The van der Waals surface area contributed by atoms with Gasteiger partial charge in [-0.25, -0.2) is 9.37 Å². The van der Waals surface area contributed by atoms with Crippen LogP contribution in [0.3, 0.4) is 0 Å². The van der Waals surface area contributed by atoms with Crippen LogP contribution in [0, 0.1) is 11.7 Å². The highest BCUT2D eigenvalue weighted by Gasteiger charge is 2.31. The number of hydrogen-bond donors (Lipinski definition) is 0. The maximum Gasteiger partial charge on any atom is 0.139 e. The minimum Gasteiger partial charge on any atom is -0.324 e. The van der Waals surface area contributed by atoms with Crippen LogP contribution in [-0.2, 0) is 5.88 Å². The minimum atomic E-state index is -0.257. The van der Waals surface area contributed by atoms with Crippen LogP contribution in [0.2, 0.25) is 0 Å². The second-order valence-electron chi connectivity index (χ2n) is 4.86. The SMILES string of the molecule is CC(C1CC1)n1c(CCl)nc2cc(Br)c(F)cc21. The van der Waals surface area contributed by atoms with Crippen molar-refractivity contribution in [3.8, 4) is 0 Å². The molecule has 0 bridgehead atoms. The summed E-state index contributed by atoms with van der Waals surface area (Å²) in [5, 5.41) is 0. The number of nitrogens with zero attached hydrogens (tertiary/aromatic N) is 2. The molecule has 1 unspecified atom stereocenters. The third-order valence-corrected chi connectivity index (χ3v) is 4.48. The number of fused-ring (bicyclic) bond motifs is 1. The quantitative estimate of drug-likeness (QED) is 0.749. The van der Waals surface area contributed by atoms with Crippen LogP contribution >= 0.6 is 27.5 Å². The highest BCUT2D eigenvalue weighted by Crippen LogP contribution is 2.41. The van der Waals surface area contributed by atoms with Crippen LogP contribution in [0.1, 0.15) is 31.6 Å². The first kappa shape index (κ1) is 12.4. The zero-order chi connectivity index (χ0) is 12.9. The summed E-state index contributed by atoms with van der Waals surface area (Å²) >= 11 is 9.16. The molecule has 0 spiro atoms. The molecule has 1 aromatic heterocycles. The lowest BCUT2D eigenvalue weighted by Gasteiger charge is -2.16. The first-order valence-corrected chi connectivity index (χ1v) is 7.36. The third kappa shape index (κ3) is 1.95. The van der Waals surface area contributed by atoms with Crippen molar-refractivity contribution in [2.24, 2.45) is 5.92 Å². The van der Waals surface area contributed by atoms with E-state index in [1.165, 1.54) is 12.8 Å². The van der Waals surface area contributed by atoms with Gasteiger partial charge in [0, 0.05) is 12.1 Å². The summed E-state index contributed by atoms with van der Waals surface area (Å²) in [7, 11) is 0. The van der Waals surface area contributed by atoms with E-state index < -0.39 is 0 Å². The van der Waals surface area contributed by atoms with Crippen LogP contribution in [-0.4, -0.2) is 9.55 Å². The van der Waals surface area contributed by atoms with Gasteiger partial charge in [0.05, 0.1) is 21.4 Å². The van der Waals surface area contributed by atoms with E-state index in [1.54, 1.807) is 12.1 Å². The number of alkyl halides is 1. The lowest BCUT2D eigenvalue weighted by atomic mass is 10.2. The molecule has 5 heteroatoms. The van der Waals surface area contributed by atoms with E-state index in [-0.39, 0.29) is 5.82 Å². The Labute approximate surface area is 118 Å². The van der Waals surface area contributed by atoms with Crippen molar-refractivity contribution >= 4 is 38.6 Å². The second-order valence-corrected chi connectivity index (χ2v) is 5.99. The standard InChI is InChI=1S/C13H13BrClFN2/c1-7(8-2-3-8)18-12-5-10(16)9(14)4-11(12)17-13(18)6-15/h4-5,7-8H,2-3,6H2,1H3. The van der Waals surface area contributed by atoms with E-state index in [2.05, 4.69) is 32.4 Å². The highest BCUT2D eigenvalue weighted by atomic mass is 79.9. The molecule has 96 valence electrons. The van der Waals surface area contributed by atoms with Crippen molar-refractivity contribution in [3.05, 3.63) is 28.2 Å². The van der Waals surface area contributed by atoms with Crippen molar-refractivity contribution in [2.75, 3.05) is 0 Å². The molecular formula is C13H13BrClFN2. The molecule has 0 N–H and O–H groups in total. The van der Waals surface area contributed by atoms with Crippen LogP contribution in [0.5, 0.6) is 0 Å².